The van der Waals surface area contributed by atoms with Gasteiger partial charge < -0.3 is 10.0 Å². The number of para-hydroxylation sites is 1. The van der Waals surface area contributed by atoms with Crippen LogP contribution in [0.25, 0.3) is 0 Å². The molecular formula is C13H21NO. The van der Waals surface area contributed by atoms with Gasteiger partial charge in [-0.1, -0.05) is 25.1 Å². The van der Waals surface area contributed by atoms with E-state index in [4.69, 9.17) is 0 Å². The second-order valence-corrected chi connectivity index (χ2v) is 4.14. The van der Waals surface area contributed by atoms with Gasteiger partial charge in [0.1, 0.15) is 0 Å². The molecule has 0 aliphatic rings. The Morgan fingerprint density at radius 2 is 1.80 bits per heavy atom. The molecule has 1 aromatic carbocycles. The molecule has 0 unspecified atom stereocenters. The SMILES string of the molecule is CC[C@@H](O)CN(c1ccccc1)C(C)C. The summed E-state index contributed by atoms with van der Waals surface area (Å²) < 4.78 is 0. The Labute approximate surface area is 92.5 Å². The maximum absolute atomic E-state index is 9.70. The molecule has 1 N–H and O–H groups in total. The van der Waals surface area contributed by atoms with Crippen LogP contribution in [0.15, 0.2) is 30.3 Å². The smallest absolute Gasteiger partial charge is 0.0712 e. The van der Waals surface area contributed by atoms with Crippen LogP contribution in [0.3, 0.4) is 0 Å². The Morgan fingerprint density at radius 1 is 1.20 bits per heavy atom. The van der Waals surface area contributed by atoms with E-state index >= 15 is 0 Å². The van der Waals surface area contributed by atoms with Gasteiger partial charge >= 0.3 is 0 Å². The van der Waals surface area contributed by atoms with Gasteiger partial charge in [0.2, 0.25) is 0 Å². The number of benzene rings is 1. The average Bonchev–Trinajstić information content (AvgIpc) is 2.26. The fraction of sp³-hybridized carbons (Fsp3) is 0.538. The molecule has 0 fully saturated rings. The van der Waals surface area contributed by atoms with Crippen molar-refractivity contribution in [3.05, 3.63) is 30.3 Å². The Kier molecular flexibility index (Phi) is 4.63. The molecule has 1 rings (SSSR count). The minimum Gasteiger partial charge on any atom is -0.391 e. The minimum absolute atomic E-state index is 0.243. The van der Waals surface area contributed by atoms with Crippen molar-refractivity contribution in [3.8, 4) is 0 Å². The zero-order chi connectivity index (χ0) is 11.3. The lowest BCUT2D eigenvalue weighted by molar-refractivity contribution is 0.173. The van der Waals surface area contributed by atoms with Gasteiger partial charge in [-0.15, -0.1) is 0 Å². The Hall–Kier alpha value is -1.02. The van der Waals surface area contributed by atoms with Gasteiger partial charge in [-0.25, -0.2) is 0 Å². The molecule has 0 radical (unpaired) electrons. The summed E-state index contributed by atoms with van der Waals surface area (Å²) in [6.07, 6.45) is 0.559. The summed E-state index contributed by atoms with van der Waals surface area (Å²) in [7, 11) is 0. The van der Waals surface area contributed by atoms with Gasteiger partial charge in [0.05, 0.1) is 6.10 Å². The third-order valence-corrected chi connectivity index (χ3v) is 2.59. The van der Waals surface area contributed by atoms with Crippen LogP contribution in [0, 0.1) is 0 Å². The lowest BCUT2D eigenvalue weighted by Crippen LogP contribution is -2.37. The van der Waals surface area contributed by atoms with Crippen molar-refractivity contribution in [2.45, 2.75) is 39.3 Å². The summed E-state index contributed by atoms with van der Waals surface area (Å²) in [5.74, 6) is 0. The molecule has 0 aliphatic carbocycles. The van der Waals surface area contributed by atoms with Gasteiger partial charge in [-0.2, -0.15) is 0 Å². The predicted molar refractivity (Wildman–Crippen MR) is 65.2 cm³/mol. The summed E-state index contributed by atoms with van der Waals surface area (Å²) in [5, 5.41) is 9.70. The van der Waals surface area contributed by atoms with Crippen LogP contribution in [-0.4, -0.2) is 23.8 Å². The van der Waals surface area contributed by atoms with Gasteiger partial charge in [-0.05, 0) is 32.4 Å². The van der Waals surface area contributed by atoms with Gasteiger partial charge in [-0.3, -0.25) is 0 Å². The van der Waals surface area contributed by atoms with E-state index in [1.54, 1.807) is 0 Å². The maximum atomic E-state index is 9.70. The second kappa shape index (κ2) is 5.76. The van der Waals surface area contributed by atoms with Crippen molar-refractivity contribution >= 4 is 5.69 Å². The van der Waals surface area contributed by atoms with Crippen molar-refractivity contribution in [1.29, 1.82) is 0 Å². The average molecular weight is 207 g/mol. The lowest BCUT2D eigenvalue weighted by atomic mass is 10.2. The number of aliphatic hydroxyl groups excluding tert-OH is 1. The number of nitrogens with zero attached hydrogens (tertiary/aromatic N) is 1. The molecule has 0 amide bonds. The van der Waals surface area contributed by atoms with E-state index in [2.05, 4.69) is 30.9 Å². The molecule has 0 spiro atoms. The first kappa shape index (κ1) is 12.1. The summed E-state index contributed by atoms with van der Waals surface area (Å²) in [4.78, 5) is 2.23. The molecule has 1 atom stereocenters. The van der Waals surface area contributed by atoms with Crippen LogP contribution in [0.5, 0.6) is 0 Å². The molecular weight excluding hydrogens is 186 g/mol. The summed E-state index contributed by atoms with van der Waals surface area (Å²) in [6.45, 7) is 7.01. The molecule has 0 saturated heterocycles. The van der Waals surface area contributed by atoms with Gasteiger partial charge in [0.25, 0.3) is 0 Å². The third-order valence-electron chi connectivity index (χ3n) is 2.59. The van der Waals surface area contributed by atoms with E-state index in [9.17, 15) is 5.11 Å². The third kappa shape index (κ3) is 3.56. The van der Waals surface area contributed by atoms with E-state index in [0.717, 1.165) is 6.42 Å². The molecule has 0 saturated carbocycles. The molecule has 84 valence electrons. The van der Waals surface area contributed by atoms with Gasteiger partial charge in [0.15, 0.2) is 0 Å². The van der Waals surface area contributed by atoms with Gasteiger partial charge in [0, 0.05) is 18.3 Å². The zero-order valence-corrected chi connectivity index (χ0v) is 9.85. The molecule has 0 heterocycles. The standard InChI is InChI=1S/C13H21NO/c1-4-13(15)10-14(11(2)3)12-8-6-5-7-9-12/h5-9,11,13,15H,4,10H2,1-3H3/t13-/m1/s1. The Bertz CT molecular complexity index is 271. The molecule has 1 aromatic rings. The first-order valence-corrected chi connectivity index (χ1v) is 5.65. The van der Waals surface area contributed by atoms with Crippen LogP contribution in [-0.2, 0) is 0 Å². The maximum Gasteiger partial charge on any atom is 0.0712 e. The highest BCUT2D eigenvalue weighted by molar-refractivity contribution is 5.46. The highest BCUT2D eigenvalue weighted by atomic mass is 16.3. The van der Waals surface area contributed by atoms with Crippen molar-refractivity contribution in [3.63, 3.8) is 0 Å². The molecule has 0 aromatic heterocycles. The van der Waals surface area contributed by atoms with E-state index in [-0.39, 0.29) is 6.10 Å². The highest BCUT2D eigenvalue weighted by Gasteiger charge is 2.13. The normalized spacial score (nSPS) is 12.9. The summed E-state index contributed by atoms with van der Waals surface area (Å²) in [5.41, 5.74) is 1.18. The van der Waals surface area contributed by atoms with Crippen LogP contribution in [0.4, 0.5) is 5.69 Å². The van der Waals surface area contributed by atoms with E-state index in [1.165, 1.54) is 5.69 Å². The topological polar surface area (TPSA) is 23.5 Å². The number of rotatable bonds is 5. The fourth-order valence-corrected chi connectivity index (χ4v) is 1.59. The number of aliphatic hydroxyl groups is 1. The first-order chi connectivity index (χ1) is 7.15. The van der Waals surface area contributed by atoms with E-state index in [0.29, 0.717) is 12.6 Å². The quantitative estimate of drug-likeness (QED) is 0.802. The molecule has 0 bridgehead atoms. The van der Waals surface area contributed by atoms with Crippen LogP contribution in [0.1, 0.15) is 27.2 Å². The predicted octanol–water partition coefficient (Wildman–Crippen LogP) is 2.67. The molecule has 15 heavy (non-hydrogen) atoms. The van der Waals surface area contributed by atoms with Crippen LogP contribution in [0.2, 0.25) is 0 Å². The Morgan fingerprint density at radius 3 is 2.27 bits per heavy atom. The number of hydrogen-bond donors (Lipinski definition) is 1. The van der Waals surface area contributed by atoms with Crippen molar-refractivity contribution in [2.24, 2.45) is 0 Å². The largest absolute Gasteiger partial charge is 0.391 e. The zero-order valence-electron chi connectivity index (χ0n) is 9.85. The monoisotopic (exact) mass is 207 g/mol. The molecule has 2 heteroatoms. The Balaban J connectivity index is 2.75. The van der Waals surface area contributed by atoms with E-state index < -0.39 is 0 Å². The van der Waals surface area contributed by atoms with E-state index in [1.807, 2.05) is 25.1 Å². The number of hydrogen-bond acceptors (Lipinski definition) is 2. The fourth-order valence-electron chi connectivity index (χ4n) is 1.59. The summed E-state index contributed by atoms with van der Waals surface area (Å²) in [6, 6.07) is 10.7. The second-order valence-electron chi connectivity index (χ2n) is 4.14. The first-order valence-electron chi connectivity index (χ1n) is 5.65. The summed E-state index contributed by atoms with van der Waals surface area (Å²) >= 11 is 0. The minimum atomic E-state index is -0.243. The number of anilines is 1. The molecule has 2 nitrogen and oxygen atoms in total. The van der Waals surface area contributed by atoms with Crippen LogP contribution >= 0.6 is 0 Å². The van der Waals surface area contributed by atoms with Crippen LogP contribution < -0.4 is 4.90 Å². The highest BCUT2D eigenvalue weighted by Crippen LogP contribution is 2.17. The lowest BCUT2D eigenvalue weighted by Gasteiger charge is -2.30. The van der Waals surface area contributed by atoms with Crippen molar-refractivity contribution < 1.29 is 5.11 Å². The molecule has 0 aliphatic heterocycles. The van der Waals surface area contributed by atoms with Crippen molar-refractivity contribution in [2.75, 3.05) is 11.4 Å². The van der Waals surface area contributed by atoms with Crippen molar-refractivity contribution in [1.82, 2.24) is 0 Å².